The molecule has 0 heterocycles. The number of benzene rings is 2. The summed E-state index contributed by atoms with van der Waals surface area (Å²) >= 11 is 3.28. The SMILES string of the molecule is Fc1cc(CBr)ccc1Oc1ccccc1. The molecule has 0 aliphatic rings. The largest absolute Gasteiger partial charge is 0.454 e. The lowest BCUT2D eigenvalue weighted by Gasteiger charge is -2.07. The number of para-hydroxylation sites is 1. The summed E-state index contributed by atoms with van der Waals surface area (Å²) in [6, 6.07) is 14.1. The molecule has 0 spiro atoms. The minimum Gasteiger partial charge on any atom is -0.454 e. The Morgan fingerprint density at radius 2 is 1.81 bits per heavy atom. The Morgan fingerprint density at radius 3 is 2.44 bits per heavy atom. The molecule has 0 saturated carbocycles. The highest BCUT2D eigenvalue weighted by molar-refractivity contribution is 9.08. The van der Waals surface area contributed by atoms with Crippen molar-refractivity contribution in [1.29, 1.82) is 0 Å². The van der Waals surface area contributed by atoms with Gasteiger partial charge in [0, 0.05) is 5.33 Å². The summed E-state index contributed by atoms with van der Waals surface area (Å²) < 4.78 is 19.0. The molecule has 1 nitrogen and oxygen atoms in total. The minimum atomic E-state index is -0.346. The van der Waals surface area contributed by atoms with Crippen molar-refractivity contribution in [3.05, 3.63) is 59.9 Å². The zero-order valence-corrected chi connectivity index (χ0v) is 10.1. The molecule has 0 radical (unpaired) electrons. The highest BCUT2D eigenvalue weighted by Crippen LogP contribution is 2.25. The molecule has 16 heavy (non-hydrogen) atoms. The molecule has 0 aromatic heterocycles. The van der Waals surface area contributed by atoms with E-state index in [1.807, 2.05) is 24.3 Å². The van der Waals surface area contributed by atoms with Crippen LogP contribution in [0.5, 0.6) is 11.5 Å². The second-order valence-corrected chi connectivity index (χ2v) is 3.87. The third-order valence-corrected chi connectivity index (χ3v) is 2.77. The Labute approximate surface area is 102 Å². The summed E-state index contributed by atoms with van der Waals surface area (Å²) in [5.41, 5.74) is 0.887. The van der Waals surface area contributed by atoms with Gasteiger partial charge in [0.2, 0.25) is 0 Å². The van der Waals surface area contributed by atoms with Crippen molar-refractivity contribution in [2.75, 3.05) is 0 Å². The van der Waals surface area contributed by atoms with Crippen molar-refractivity contribution in [2.45, 2.75) is 5.33 Å². The Hall–Kier alpha value is -1.35. The molecule has 0 aliphatic heterocycles. The van der Waals surface area contributed by atoms with E-state index in [1.165, 1.54) is 6.07 Å². The molecule has 2 aromatic rings. The second kappa shape index (κ2) is 5.12. The zero-order valence-electron chi connectivity index (χ0n) is 8.49. The van der Waals surface area contributed by atoms with Crippen LogP contribution in [0.2, 0.25) is 0 Å². The van der Waals surface area contributed by atoms with E-state index in [0.29, 0.717) is 11.1 Å². The van der Waals surface area contributed by atoms with Crippen LogP contribution in [-0.2, 0) is 5.33 Å². The number of ether oxygens (including phenoxy) is 1. The maximum absolute atomic E-state index is 13.6. The van der Waals surface area contributed by atoms with Crippen LogP contribution in [0.4, 0.5) is 4.39 Å². The van der Waals surface area contributed by atoms with Crippen molar-refractivity contribution >= 4 is 15.9 Å². The van der Waals surface area contributed by atoms with Gasteiger partial charge in [0.05, 0.1) is 0 Å². The summed E-state index contributed by atoms with van der Waals surface area (Å²) in [7, 11) is 0. The molecule has 0 fully saturated rings. The van der Waals surface area contributed by atoms with Crippen molar-refractivity contribution in [3.8, 4) is 11.5 Å². The number of halogens is 2. The zero-order chi connectivity index (χ0) is 11.4. The summed E-state index contributed by atoms with van der Waals surface area (Å²) in [5, 5.41) is 0.634. The highest BCUT2D eigenvalue weighted by atomic mass is 79.9. The smallest absolute Gasteiger partial charge is 0.166 e. The maximum Gasteiger partial charge on any atom is 0.166 e. The first-order valence-corrected chi connectivity index (χ1v) is 5.99. The first-order valence-electron chi connectivity index (χ1n) is 4.87. The maximum atomic E-state index is 13.6. The predicted molar refractivity (Wildman–Crippen MR) is 65.5 cm³/mol. The second-order valence-electron chi connectivity index (χ2n) is 3.31. The molecule has 0 unspecified atom stereocenters. The van der Waals surface area contributed by atoms with Crippen LogP contribution in [0.1, 0.15) is 5.56 Å². The van der Waals surface area contributed by atoms with Crippen LogP contribution >= 0.6 is 15.9 Å². The Bertz CT molecular complexity index is 471. The van der Waals surface area contributed by atoms with Crippen molar-refractivity contribution in [2.24, 2.45) is 0 Å². The van der Waals surface area contributed by atoms with Crippen LogP contribution in [0.3, 0.4) is 0 Å². The lowest BCUT2D eigenvalue weighted by atomic mass is 10.2. The van der Waals surface area contributed by atoms with Gasteiger partial charge in [-0.15, -0.1) is 0 Å². The van der Waals surface area contributed by atoms with Crippen LogP contribution in [-0.4, -0.2) is 0 Å². The standard InChI is InChI=1S/C13H10BrFO/c14-9-10-6-7-13(12(15)8-10)16-11-4-2-1-3-5-11/h1-8H,9H2. The van der Waals surface area contributed by atoms with E-state index in [4.69, 9.17) is 4.74 Å². The monoisotopic (exact) mass is 280 g/mol. The first-order chi connectivity index (χ1) is 7.79. The quantitative estimate of drug-likeness (QED) is 0.752. The molecular weight excluding hydrogens is 271 g/mol. The average Bonchev–Trinajstić information content (AvgIpc) is 2.33. The Kier molecular flexibility index (Phi) is 3.57. The van der Waals surface area contributed by atoms with Gasteiger partial charge in [0.15, 0.2) is 11.6 Å². The number of rotatable bonds is 3. The number of alkyl halides is 1. The van der Waals surface area contributed by atoms with Crippen molar-refractivity contribution in [1.82, 2.24) is 0 Å². The molecule has 0 N–H and O–H groups in total. The third kappa shape index (κ3) is 2.61. The van der Waals surface area contributed by atoms with Crippen molar-refractivity contribution < 1.29 is 9.13 Å². The van der Waals surface area contributed by atoms with E-state index in [1.54, 1.807) is 18.2 Å². The first kappa shape index (κ1) is 11.1. The molecule has 0 aliphatic carbocycles. The molecule has 0 atom stereocenters. The summed E-state index contributed by atoms with van der Waals surface area (Å²) in [4.78, 5) is 0. The van der Waals surface area contributed by atoms with E-state index in [2.05, 4.69) is 15.9 Å². The van der Waals surface area contributed by atoms with Gasteiger partial charge in [-0.2, -0.15) is 0 Å². The summed E-state index contributed by atoms with van der Waals surface area (Å²) in [6.45, 7) is 0. The topological polar surface area (TPSA) is 9.23 Å². The van der Waals surface area contributed by atoms with E-state index >= 15 is 0 Å². The summed E-state index contributed by atoms with van der Waals surface area (Å²) in [6.07, 6.45) is 0. The lowest BCUT2D eigenvalue weighted by molar-refractivity contribution is 0.442. The average molecular weight is 281 g/mol. The number of hydrogen-bond donors (Lipinski definition) is 0. The molecule has 82 valence electrons. The van der Waals surface area contributed by atoms with Gasteiger partial charge in [-0.25, -0.2) is 4.39 Å². The van der Waals surface area contributed by atoms with Crippen molar-refractivity contribution in [3.63, 3.8) is 0 Å². The fourth-order valence-electron chi connectivity index (χ4n) is 1.33. The molecule has 0 saturated heterocycles. The highest BCUT2D eigenvalue weighted by Gasteiger charge is 2.05. The van der Waals surface area contributed by atoms with E-state index < -0.39 is 0 Å². The predicted octanol–water partition coefficient (Wildman–Crippen LogP) is 4.51. The third-order valence-electron chi connectivity index (χ3n) is 2.12. The van der Waals surface area contributed by atoms with Gasteiger partial charge >= 0.3 is 0 Å². The number of hydrogen-bond acceptors (Lipinski definition) is 1. The fraction of sp³-hybridized carbons (Fsp3) is 0.0769. The molecule has 0 bridgehead atoms. The molecule has 3 heteroatoms. The fourth-order valence-corrected chi connectivity index (χ4v) is 1.67. The molecule has 0 amide bonds. The van der Waals surface area contributed by atoms with Crippen LogP contribution in [0, 0.1) is 5.82 Å². The van der Waals surface area contributed by atoms with Gasteiger partial charge in [0.1, 0.15) is 5.75 Å². The van der Waals surface area contributed by atoms with Gasteiger partial charge in [-0.3, -0.25) is 0 Å². The molecule has 2 aromatic carbocycles. The normalized spacial score (nSPS) is 10.1. The van der Waals surface area contributed by atoms with Crippen LogP contribution < -0.4 is 4.74 Å². The van der Waals surface area contributed by atoms with Crippen LogP contribution in [0.25, 0.3) is 0 Å². The molecule has 2 rings (SSSR count). The van der Waals surface area contributed by atoms with E-state index in [-0.39, 0.29) is 11.6 Å². The van der Waals surface area contributed by atoms with E-state index in [0.717, 1.165) is 5.56 Å². The van der Waals surface area contributed by atoms with Gasteiger partial charge in [0.25, 0.3) is 0 Å². The molecular formula is C13H10BrFO. The van der Waals surface area contributed by atoms with E-state index in [9.17, 15) is 4.39 Å². The Morgan fingerprint density at radius 1 is 1.06 bits per heavy atom. The minimum absolute atomic E-state index is 0.246. The van der Waals surface area contributed by atoms with Gasteiger partial charge < -0.3 is 4.74 Å². The Balaban J connectivity index is 2.22. The van der Waals surface area contributed by atoms with Gasteiger partial charge in [-0.1, -0.05) is 40.2 Å². The van der Waals surface area contributed by atoms with Crippen LogP contribution in [0.15, 0.2) is 48.5 Å². The lowest BCUT2D eigenvalue weighted by Crippen LogP contribution is -1.89. The van der Waals surface area contributed by atoms with Gasteiger partial charge in [-0.05, 0) is 29.8 Å². The summed E-state index contributed by atoms with van der Waals surface area (Å²) in [5.74, 6) is 0.532.